The SMILES string of the molecule is Cc1cnc(NC(=O)c2cc(=O)[nH]c3c2CCOCC3)cn1. The van der Waals surface area contributed by atoms with Gasteiger partial charge >= 0.3 is 0 Å². The highest BCUT2D eigenvalue weighted by atomic mass is 16.5. The molecule has 1 amide bonds. The molecule has 0 bridgehead atoms. The summed E-state index contributed by atoms with van der Waals surface area (Å²) in [5.74, 6) is -0.00286. The van der Waals surface area contributed by atoms with Crippen LogP contribution in [0.15, 0.2) is 23.3 Å². The first-order valence-corrected chi connectivity index (χ1v) is 7.06. The summed E-state index contributed by atoms with van der Waals surface area (Å²) in [5.41, 5.74) is 2.44. The monoisotopic (exact) mass is 300 g/mol. The molecule has 0 spiro atoms. The Morgan fingerprint density at radius 3 is 2.86 bits per heavy atom. The number of anilines is 1. The molecule has 0 unspecified atom stereocenters. The molecule has 7 nitrogen and oxygen atoms in total. The van der Waals surface area contributed by atoms with Gasteiger partial charge in [0, 0.05) is 18.2 Å². The van der Waals surface area contributed by atoms with E-state index in [0.717, 1.165) is 17.0 Å². The molecule has 3 heterocycles. The van der Waals surface area contributed by atoms with E-state index in [2.05, 4.69) is 20.3 Å². The van der Waals surface area contributed by atoms with Crippen LogP contribution in [0.4, 0.5) is 5.82 Å². The number of hydrogen-bond donors (Lipinski definition) is 2. The van der Waals surface area contributed by atoms with Gasteiger partial charge in [-0.2, -0.15) is 0 Å². The standard InChI is InChI=1S/C15H16N4O3/c1-9-7-17-13(8-16-9)19-15(21)11-6-14(20)18-12-3-5-22-4-2-10(11)12/h6-8H,2-5H2,1H3,(H,18,20)(H,17,19,21). The third-order valence-electron chi connectivity index (χ3n) is 3.50. The van der Waals surface area contributed by atoms with E-state index in [1.54, 1.807) is 6.20 Å². The zero-order valence-corrected chi connectivity index (χ0v) is 12.2. The van der Waals surface area contributed by atoms with E-state index in [1.165, 1.54) is 12.3 Å². The number of carbonyl (C=O) groups excluding carboxylic acids is 1. The lowest BCUT2D eigenvalue weighted by molar-refractivity contribution is 0.102. The molecule has 0 saturated carbocycles. The topological polar surface area (TPSA) is 97.0 Å². The third-order valence-corrected chi connectivity index (χ3v) is 3.50. The van der Waals surface area contributed by atoms with E-state index < -0.39 is 0 Å². The number of pyridine rings is 1. The Morgan fingerprint density at radius 2 is 2.09 bits per heavy atom. The Bertz CT molecular complexity index is 752. The third kappa shape index (κ3) is 3.04. The van der Waals surface area contributed by atoms with Crippen LogP contribution in [0.3, 0.4) is 0 Å². The van der Waals surface area contributed by atoms with Gasteiger partial charge in [0.15, 0.2) is 5.82 Å². The molecule has 3 rings (SSSR count). The van der Waals surface area contributed by atoms with E-state index in [0.29, 0.717) is 37.4 Å². The van der Waals surface area contributed by atoms with Gasteiger partial charge < -0.3 is 15.0 Å². The number of nitrogens with zero attached hydrogens (tertiary/aromatic N) is 2. The van der Waals surface area contributed by atoms with Crippen molar-refractivity contribution in [1.82, 2.24) is 15.0 Å². The first-order valence-electron chi connectivity index (χ1n) is 7.06. The van der Waals surface area contributed by atoms with Gasteiger partial charge in [-0.05, 0) is 18.9 Å². The van der Waals surface area contributed by atoms with Crippen molar-refractivity contribution in [3.63, 3.8) is 0 Å². The van der Waals surface area contributed by atoms with Crippen LogP contribution in [0.1, 0.15) is 27.3 Å². The first-order chi connectivity index (χ1) is 10.6. The number of fused-ring (bicyclic) bond motifs is 1. The molecule has 0 aliphatic carbocycles. The summed E-state index contributed by atoms with van der Waals surface area (Å²) < 4.78 is 5.41. The summed E-state index contributed by atoms with van der Waals surface area (Å²) in [5, 5.41) is 2.68. The first kappa shape index (κ1) is 14.4. The number of aromatic amines is 1. The van der Waals surface area contributed by atoms with Crippen molar-refractivity contribution in [2.75, 3.05) is 18.5 Å². The summed E-state index contributed by atoms with van der Waals surface area (Å²) in [6.45, 7) is 2.89. The highest BCUT2D eigenvalue weighted by molar-refractivity contribution is 6.04. The molecule has 1 aliphatic heterocycles. The van der Waals surface area contributed by atoms with E-state index in [4.69, 9.17) is 4.74 Å². The lowest BCUT2D eigenvalue weighted by Crippen LogP contribution is -2.22. The summed E-state index contributed by atoms with van der Waals surface area (Å²) >= 11 is 0. The Kier molecular flexibility index (Phi) is 3.97. The van der Waals surface area contributed by atoms with Gasteiger partial charge in [0.2, 0.25) is 5.56 Å². The molecular formula is C15H16N4O3. The number of carbonyl (C=O) groups is 1. The fourth-order valence-electron chi connectivity index (χ4n) is 2.43. The fraction of sp³-hybridized carbons (Fsp3) is 0.333. The number of aryl methyl sites for hydroxylation is 1. The second kappa shape index (κ2) is 6.07. The lowest BCUT2D eigenvalue weighted by Gasteiger charge is -2.11. The summed E-state index contributed by atoms with van der Waals surface area (Å²) in [6.07, 6.45) is 4.24. The quantitative estimate of drug-likeness (QED) is 0.856. The predicted octanol–water partition coefficient (Wildman–Crippen LogP) is 0.841. The molecule has 0 saturated heterocycles. The van der Waals surface area contributed by atoms with Crippen LogP contribution in [0.25, 0.3) is 0 Å². The molecule has 1 aliphatic rings. The van der Waals surface area contributed by atoms with Crippen molar-refractivity contribution in [3.05, 3.63) is 51.3 Å². The van der Waals surface area contributed by atoms with Crippen molar-refractivity contribution in [3.8, 4) is 0 Å². The maximum Gasteiger partial charge on any atom is 0.257 e. The normalized spacial score (nSPS) is 14.0. The molecule has 2 aromatic heterocycles. The molecule has 0 fully saturated rings. The number of rotatable bonds is 2. The number of hydrogen-bond acceptors (Lipinski definition) is 5. The maximum absolute atomic E-state index is 12.5. The van der Waals surface area contributed by atoms with Crippen LogP contribution in [-0.2, 0) is 17.6 Å². The lowest BCUT2D eigenvalue weighted by atomic mass is 10.0. The average Bonchev–Trinajstić information content (AvgIpc) is 2.74. The summed E-state index contributed by atoms with van der Waals surface area (Å²) in [7, 11) is 0. The van der Waals surface area contributed by atoms with Crippen LogP contribution in [0.5, 0.6) is 0 Å². The van der Waals surface area contributed by atoms with E-state index in [-0.39, 0.29) is 11.5 Å². The van der Waals surface area contributed by atoms with Gasteiger partial charge in [-0.3, -0.25) is 14.6 Å². The van der Waals surface area contributed by atoms with E-state index in [1.807, 2.05) is 6.92 Å². The van der Waals surface area contributed by atoms with Gasteiger partial charge in [0.05, 0.1) is 36.9 Å². The van der Waals surface area contributed by atoms with Crippen molar-refractivity contribution < 1.29 is 9.53 Å². The van der Waals surface area contributed by atoms with Crippen molar-refractivity contribution >= 4 is 11.7 Å². The molecule has 7 heteroatoms. The van der Waals surface area contributed by atoms with E-state index >= 15 is 0 Å². The smallest absolute Gasteiger partial charge is 0.257 e. The molecule has 0 aromatic carbocycles. The number of nitrogens with one attached hydrogen (secondary N) is 2. The molecular weight excluding hydrogens is 284 g/mol. The van der Waals surface area contributed by atoms with Gasteiger partial charge in [-0.1, -0.05) is 0 Å². The molecule has 0 atom stereocenters. The molecule has 2 N–H and O–H groups in total. The van der Waals surface area contributed by atoms with E-state index in [9.17, 15) is 9.59 Å². The number of aromatic nitrogens is 3. The molecule has 2 aromatic rings. The highest BCUT2D eigenvalue weighted by Crippen LogP contribution is 2.17. The van der Waals surface area contributed by atoms with Crippen LogP contribution < -0.4 is 10.9 Å². The molecule has 114 valence electrons. The van der Waals surface area contributed by atoms with Gasteiger partial charge in [-0.25, -0.2) is 4.98 Å². The largest absolute Gasteiger partial charge is 0.381 e. The second-order valence-electron chi connectivity index (χ2n) is 5.11. The zero-order valence-electron chi connectivity index (χ0n) is 12.2. The van der Waals surface area contributed by atoms with Crippen LogP contribution >= 0.6 is 0 Å². The minimum Gasteiger partial charge on any atom is -0.381 e. The van der Waals surface area contributed by atoms with Crippen LogP contribution in [0.2, 0.25) is 0 Å². The second-order valence-corrected chi connectivity index (χ2v) is 5.11. The van der Waals surface area contributed by atoms with Gasteiger partial charge in [-0.15, -0.1) is 0 Å². The summed E-state index contributed by atoms with van der Waals surface area (Å²) in [6, 6.07) is 1.32. The Hall–Kier alpha value is -2.54. The van der Waals surface area contributed by atoms with Crippen molar-refractivity contribution in [2.45, 2.75) is 19.8 Å². The fourth-order valence-corrected chi connectivity index (χ4v) is 2.43. The average molecular weight is 300 g/mol. The number of H-pyrrole nitrogens is 1. The Morgan fingerprint density at radius 1 is 1.27 bits per heavy atom. The van der Waals surface area contributed by atoms with Gasteiger partial charge in [0.25, 0.3) is 5.91 Å². The highest BCUT2D eigenvalue weighted by Gasteiger charge is 2.19. The molecule has 22 heavy (non-hydrogen) atoms. The number of amides is 1. The van der Waals surface area contributed by atoms with Crippen LogP contribution in [0, 0.1) is 6.92 Å². The minimum atomic E-state index is -0.359. The zero-order chi connectivity index (χ0) is 15.5. The maximum atomic E-state index is 12.5. The Labute approximate surface area is 126 Å². The molecule has 0 radical (unpaired) electrons. The van der Waals surface area contributed by atoms with Crippen LogP contribution in [-0.4, -0.2) is 34.1 Å². The van der Waals surface area contributed by atoms with Crippen molar-refractivity contribution in [2.24, 2.45) is 0 Å². The van der Waals surface area contributed by atoms with Crippen molar-refractivity contribution in [1.29, 1.82) is 0 Å². The Balaban J connectivity index is 1.93. The number of ether oxygens (including phenoxy) is 1. The minimum absolute atomic E-state index is 0.291. The predicted molar refractivity (Wildman–Crippen MR) is 80.0 cm³/mol. The summed E-state index contributed by atoms with van der Waals surface area (Å²) in [4.78, 5) is 35.2. The van der Waals surface area contributed by atoms with Gasteiger partial charge in [0.1, 0.15) is 0 Å².